The van der Waals surface area contributed by atoms with Crippen molar-refractivity contribution in [1.29, 1.82) is 0 Å². The molecule has 0 spiro atoms. The largest absolute Gasteiger partial charge is 0.481 e. The van der Waals surface area contributed by atoms with Gasteiger partial charge < -0.3 is 14.6 Å². The minimum atomic E-state index is -0.927. The zero-order valence-electron chi connectivity index (χ0n) is 7.09. The second-order valence-corrected chi connectivity index (χ2v) is 2.73. The van der Waals surface area contributed by atoms with Crippen LogP contribution in [0, 0.1) is 5.41 Å². The Hall–Kier alpha value is -0.610. The Labute approximate surface area is 73.5 Å². The average molecular weight is 178 g/mol. The maximum atomic E-state index is 10.6. The second kappa shape index (κ2) is 5.97. The molecule has 0 saturated heterocycles. The average Bonchev–Trinajstić information content (AvgIpc) is 1.88. The first-order chi connectivity index (χ1) is 5.06. The molecule has 1 N–H and O–H groups in total. The number of hydrogen-bond acceptors (Lipinski definition) is 3. The van der Waals surface area contributed by atoms with Crippen molar-refractivity contribution in [3.05, 3.63) is 0 Å². The van der Waals surface area contributed by atoms with Crippen molar-refractivity contribution in [3.63, 3.8) is 0 Å². The molecular weight excluding hydrogens is 160 g/mol. The minimum absolute atomic E-state index is 0. The molecule has 4 heteroatoms. The number of carboxylic acid groups (broad SMARTS) is 1. The van der Waals surface area contributed by atoms with Gasteiger partial charge in [0.25, 0.3) is 0 Å². The van der Waals surface area contributed by atoms with Crippen LogP contribution in [0.2, 0.25) is 0 Å². The van der Waals surface area contributed by atoms with E-state index in [0.717, 1.165) is 0 Å². The number of hydrogen-bond donors (Lipinski definition) is 1. The van der Waals surface area contributed by atoms with Gasteiger partial charge in [-0.3, -0.25) is 4.79 Å². The van der Waals surface area contributed by atoms with Crippen LogP contribution in [0.3, 0.4) is 0 Å². The molecule has 0 unspecified atom stereocenters. The van der Waals surface area contributed by atoms with E-state index in [4.69, 9.17) is 14.6 Å². The van der Waals surface area contributed by atoms with E-state index in [1.165, 1.54) is 14.2 Å². The lowest BCUT2D eigenvalue weighted by Crippen LogP contribution is -2.36. The molecule has 0 atom stereocenters. The summed E-state index contributed by atoms with van der Waals surface area (Å²) in [4.78, 5) is 10.6. The summed E-state index contributed by atoms with van der Waals surface area (Å²) in [5, 5.41) is 8.73. The van der Waals surface area contributed by atoms with Crippen LogP contribution in [0.25, 0.3) is 0 Å². The molecule has 0 radical (unpaired) electrons. The quantitative estimate of drug-likeness (QED) is 0.682. The van der Waals surface area contributed by atoms with E-state index >= 15 is 0 Å². The van der Waals surface area contributed by atoms with Crippen LogP contribution in [0.1, 0.15) is 14.4 Å². The summed E-state index contributed by atoms with van der Waals surface area (Å²) in [5.41, 5.74) is -0.927. The highest BCUT2D eigenvalue weighted by Crippen LogP contribution is 2.16. The van der Waals surface area contributed by atoms with E-state index in [1.807, 2.05) is 0 Å². The van der Waals surface area contributed by atoms with Crippen LogP contribution in [0.5, 0.6) is 0 Å². The van der Waals surface area contributed by atoms with Crippen molar-refractivity contribution in [2.75, 3.05) is 27.4 Å². The molecule has 0 aromatic rings. The molecule has 74 valence electrons. The summed E-state index contributed by atoms with van der Waals surface area (Å²) in [6.07, 6.45) is 0. The van der Waals surface area contributed by atoms with Crippen LogP contribution in [0.15, 0.2) is 0 Å². The molecule has 0 bridgehead atoms. The lowest BCUT2D eigenvalue weighted by Gasteiger charge is -2.22. The molecule has 0 aliphatic carbocycles. The molecule has 0 aromatic carbocycles. The third-order valence-corrected chi connectivity index (χ3v) is 1.44. The summed E-state index contributed by atoms with van der Waals surface area (Å²) < 4.78 is 9.52. The number of carbonyl (C=O) groups is 1. The molecule has 0 aromatic heterocycles. The van der Waals surface area contributed by atoms with Crippen molar-refractivity contribution in [1.82, 2.24) is 0 Å². The van der Waals surface area contributed by atoms with Crippen LogP contribution < -0.4 is 0 Å². The van der Waals surface area contributed by atoms with Crippen molar-refractivity contribution in [3.8, 4) is 0 Å². The normalized spacial score (nSPS) is 10.6. The van der Waals surface area contributed by atoms with Crippen LogP contribution in [-0.4, -0.2) is 38.5 Å². The topological polar surface area (TPSA) is 55.8 Å². The standard InChI is InChI=1S/C7H14O4.CH4/c1-7(4-10-2,5-11-3)6(8)9;/h4-5H2,1-3H3,(H,8,9);1H4. The first kappa shape index (κ1) is 13.9. The predicted octanol–water partition coefficient (Wildman–Crippen LogP) is 1.01. The van der Waals surface area contributed by atoms with Crippen molar-refractivity contribution in [2.45, 2.75) is 14.4 Å². The zero-order chi connectivity index (χ0) is 8.91. The summed E-state index contributed by atoms with van der Waals surface area (Å²) in [7, 11) is 2.94. The van der Waals surface area contributed by atoms with E-state index in [1.54, 1.807) is 6.92 Å². The lowest BCUT2D eigenvalue weighted by atomic mass is 9.93. The fraction of sp³-hybridized carbons (Fsp3) is 0.875. The third kappa shape index (κ3) is 3.69. The van der Waals surface area contributed by atoms with E-state index in [9.17, 15) is 4.79 Å². The highest BCUT2D eigenvalue weighted by Gasteiger charge is 2.33. The van der Waals surface area contributed by atoms with Gasteiger partial charge in [-0.2, -0.15) is 0 Å². The molecule has 0 saturated carbocycles. The van der Waals surface area contributed by atoms with Crippen molar-refractivity contribution < 1.29 is 19.4 Å². The van der Waals surface area contributed by atoms with E-state index in [-0.39, 0.29) is 20.6 Å². The van der Waals surface area contributed by atoms with Gasteiger partial charge in [0.05, 0.1) is 13.2 Å². The SMILES string of the molecule is C.COCC(C)(COC)C(=O)O. The number of rotatable bonds is 5. The fourth-order valence-electron chi connectivity index (χ4n) is 0.802. The van der Waals surface area contributed by atoms with Gasteiger partial charge in [0, 0.05) is 14.2 Å². The first-order valence-electron chi connectivity index (χ1n) is 3.28. The minimum Gasteiger partial charge on any atom is -0.481 e. The lowest BCUT2D eigenvalue weighted by molar-refractivity contribution is -0.154. The van der Waals surface area contributed by atoms with Crippen LogP contribution >= 0.6 is 0 Å². The number of methoxy groups -OCH3 is 2. The maximum Gasteiger partial charge on any atom is 0.314 e. The van der Waals surface area contributed by atoms with E-state index in [0.29, 0.717) is 0 Å². The molecule has 0 rings (SSSR count). The number of carboxylic acids is 1. The molecule has 12 heavy (non-hydrogen) atoms. The molecule has 0 fully saturated rings. The maximum absolute atomic E-state index is 10.6. The van der Waals surface area contributed by atoms with Crippen molar-refractivity contribution in [2.24, 2.45) is 5.41 Å². The third-order valence-electron chi connectivity index (χ3n) is 1.44. The molecule has 0 heterocycles. The number of ether oxygens (including phenoxy) is 2. The van der Waals surface area contributed by atoms with Gasteiger partial charge in [-0.05, 0) is 6.92 Å². The van der Waals surface area contributed by atoms with Gasteiger partial charge in [-0.15, -0.1) is 0 Å². The fourth-order valence-corrected chi connectivity index (χ4v) is 0.802. The molecule has 0 aliphatic rings. The Bertz CT molecular complexity index is 127. The predicted molar refractivity (Wildman–Crippen MR) is 46.2 cm³/mol. The molecule has 4 nitrogen and oxygen atoms in total. The summed E-state index contributed by atoms with van der Waals surface area (Å²) in [6, 6.07) is 0. The monoisotopic (exact) mass is 178 g/mol. The first-order valence-corrected chi connectivity index (χ1v) is 3.28. The highest BCUT2D eigenvalue weighted by molar-refractivity contribution is 5.74. The second-order valence-electron chi connectivity index (χ2n) is 2.73. The van der Waals surface area contributed by atoms with Gasteiger partial charge in [-0.1, -0.05) is 7.43 Å². The summed E-state index contributed by atoms with van der Waals surface area (Å²) in [5.74, 6) is -0.902. The van der Waals surface area contributed by atoms with Crippen LogP contribution in [-0.2, 0) is 14.3 Å². The smallest absolute Gasteiger partial charge is 0.314 e. The highest BCUT2D eigenvalue weighted by atomic mass is 16.5. The van der Waals surface area contributed by atoms with Gasteiger partial charge in [0.2, 0.25) is 0 Å². The summed E-state index contributed by atoms with van der Waals surface area (Å²) in [6.45, 7) is 1.91. The van der Waals surface area contributed by atoms with Gasteiger partial charge in [0.1, 0.15) is 5.41 Å². The Morgan fingerprint density at radius 2 is 1.67 bits per heavy atom. The van der Waals surface area contributed by atoms with E-state index in [2.05, 4.69) is 0 Å². The number of aliphatic carboxylic acids is 1. The Morgan fingerprint density at radius 1 is 1.33 bits per heavy atom. The van der Waals surface area contributed by atoms with Crippen LogP contribution in [0.4, 0.5) is 0 Å². The zero-order valence-corrected chi connectivity index (χ0v) is 7.09. The molecule has 0 amide bonds. The Kier molecular flexibility index (Phi) is 6.94. The van der Waals surface area contributed by atoms with Gasteiger partial charge >= 0.3 is 5.97 Å². The van der Waals surface area contributed by atoms with Crippen molar-refractivity contribution >= 4 is 5.97 Å². The molecule has 0 aliphatic heterocycles. The summed E-state index contributed by atoms with van der Waals surface area (Å²) >= 11 is 0. The Balaban J connectivity index is 0. The Morgan fingerprint density at radius 3 is 1.83 bits per heavy atom. The molecular formula is C8H18O4. The van der Waals surface area contributed by atoms with E-state index < -0.39 is 11.4 Å². The van der Waals surface area contributed by atoms with Gasteiger partial charge in [0.15, 0.2) is 0 Å². The van der Waals surface area contributed by atoms with Gasteiger partial charge in [-0.25, -0.2) is 0 Å².